The van der Waals surface area contributed by atoms with Crippen molar-refractivity contribution in [3.63, 3.8) is 0 Å². The molecule has 4 heteroatoms. The van der Waals surface area contributed by atoms with Crippen molar-refractivity contribution in [2.45, 2.75) is 17.6 Å². The van der Waals surface area contributed by atoms with Crippen molar-refractivity contribution >= 4 is 17.6 Å². The highest BCUT2D eigenvalue weighted by Gasteiger charge is 2.03. The highest BCUT2D eigenvalue weighted by atomic mass is 32.2. The smallest absolute Gasteiger partial charge is 0.132 e. The maximum atomic E-state index is 5.35. The van der Waals surface area contributed by atoms with Crippen molar-refractivity contribution in [3.05, 3.63) is 48.2 Å². The molecule has 0 radical (unpaired) electrons. The molecular weight excluding hydrogens is 256 g/mol. The number of thioether (sulfide) groups is 1. The van der Waals surface area contributed by atoms with Crippen LogP contribution in [-0.4, -0.2) is 18.6 Å². The average molecular weight is 274 g/mol. The fraction of sp³-hybridized carbons (Fsp3) is 0.267. The topological polar surface area (TPSA) is 34.1 Å². The highest BCUT2D eigenvalue weighted by molar-refractivity contribution is 7.98. The van der Waals surface area contributed by atoms with Gasteiger partial charge in [0.25, 0.3) is 0 Å². The zero-order valence-electron chi connectivity index (χ0n) is 11.2. The molecule has 2 rings (SSSR count). The molecule has 0 unspecified atom stereocenters. The van der Waals surface area contributed by atoms with Crippen LogP contribution in [0.15, 0.2) is 47.5 Å². The summed E-state index contributed by atoms with van der Waals surface area (Å²) in [6.07, 6.45) is 1.84. The monoisotopic (exact) mass is 274 g/mol. The number of methoxy groups -OCH3 is 1. The van der Waals surface area contributed by atoms with Crippen LogP contribution in [0.5, 0.6) is 5.75 Å². The molecule has 1 heterocycles. The molecule has 0 bridgehead atoms. The van der Waals surface area contributed by atoms with Crippen molar-refractivity contribution in [1.29, 1.82) is 0 Å². The van der Waals surface area contributed by atoms with E-state index in [2.05, 4.69) is 29.4 Å². The molecule has 100 valence electrons. The standard InChI is InChI=1S/C15H18N2OS/c1-3-16-15-10-12(8-9-17-15)11-19-14-7-5-4-6-13(14)18-2/h4-10H,3,11H2,1-2H3,(H,16,17). The van der Waals surface area contributed by atoms with Crippen LogP contribution in [0.25, 0.3) is 0 Å². The third-order valence-corrected chi connectivity index (χ3v) is 3.77. The Morgan fingerprint density at radius 1 is 1.26 bits per heavy atom. The molecule has 1 aromatic heterocycles. The summed E-state index contributed by atoms with van der Waals surface area (Å²) in [6, 6.07) is 12.2. The number of ether oxygens (including phenoxy) is 1. The Morgan fingerprint density at radius 2 is 2.11 bits per heavy atom. The molecule has 0 spiro atoms. The van der Waals surface area contributed by atoms with Crippen LogP contribution in [0, 0.1) is 0 Å². The van der Waals surface area contributed by atoms with Gasteiger partial charge in [-0.15, -0.1) is 11.8 Å². The molecule has 0 saturated heterocycles. The number of hydrogen-bond donors (Lipinski definition) is 1. The number of aromatic nitrogens is 1. The molecule has 0 saturated carbocycles. The molecule has 0 fully saturated rings. The van der Waals surface area contributed by atoms with Crippen LogP contribution in [0.3, 0.4) is 0 Å². The van der Waals surface area contributed by atoms with Gasteiger partial charge in [-0.2, -0.15) is 0 Å². The molecule has 0 aliphatic carbocycles. The van der Waals surface area contributed by atoms with E-state index in [9.17, 15) is 0 Å². The molecule has 19 heavy (non-hydrogen) atoms. The van der Waals surface area contributed by atoms with Gasteiger partial charge in [0.1, 0.15) is 11.6 Å². The van der Waals surface area contributed by atoms with E-state index in [1.165, 1.54) is 5.56 Å². The summed E-state index contributed by atoms with van der Waals surface area (Å²) in [7, 11) is 1.70. The zero-order chi connectivity index (χ0) is 13.5. The average Bonchev–Trinajstić information content (AvgIpc) is 2.46. The van der Waals surface area contributed by atoms with E-state index >= 15 is 0 Å². The van der Waals surface area contributed by atoms with E-state index in [-0.39, 0.29) is 0 Å². The van der Waals surface area contributed by atoms with Gasteiger partial charge in [0, 0.05) is 23.4 Å². The Morgan fingerprint density at radius 3 is 2.89 bits per heavy atom. The van der Waals surface area contributed by atoms with Gasteiger partial charge in [0.05, 0.1) is 7.11 Å². The van der Waals surface area contributed by atoms with Gasteiger partial charge < -0.3 is 10.1 Å². The molecule has 0 aliphatic rings. The maximum absolute atomic E-state index is 5.35. The summed E-state index contributed by atoms with van der Waals surface area (Å²) in [5, 5.41) is 3.22. The second-order valence-electron chi connectivity index (χ2n) is 4.02. The Hall–Kier alpha value is -1.68. The van der Waals surface area contributed by atoms with Crippen LogP contribution >= 0.6 is 11.8 Å². The molecular formula is C15H18N2OS. The Labute approximate surface area is 118 Å². The van der Waals surface area contributed by atoms with Gasteiger partial charge in [-0.25, -0.2) is 4.98 Å². The van der Waals surface area contributed by atoms with Gasteiger partial charge in [0.15, 0.2) is 0 Å². The van der Waals surface area contributed by atoms with Gasteiger partial charge in [0.2, 0.25) is 0 Å². The minimum absolute atomic E-state index is 0.885. The Kier molecular flexibility index (Phi) is 5.10. The van der Waals surface area contributed by atoms with Crippen molar-refractivity contribution in [3.8, 4) is 5.75 Å². The lowest BCUT2D eigenvalue weighted by molar-refractivity contribution is 0.405. The minimum atomic E-state index is 0.885. The van der Waals surface area contributed by atoms with E-state index in [1.54, 1.807) is 18.9 Å². The number of hydrogen-bond acceptors (Lipinski definition) is 4. The van der Waals surface area contributed by atoms with Crippen molar-refractivity contribution in [2.75, 3.05) is 19.0 Å². The maximum Gasteiger partial charge on any atom is 0.132 e. The van der Waals surface area contributed by atoms with Gasteiger partial charge in [-0.1, -0.05) is 12.1 Å². The first kappa shape index (κ1) is 13.7. The van der Waals surface area contributed by atoms with E-state index in [0.717, 1.165) is 28.8 Å². The number of anilines is 1. The SMILES string of the molecule is CCNc1cc(CSc2ccccc2OC)ccn1. The molecule has 1 aromatic carbocycles. The molecule has 2 aromatic rings. The zero-order valence-corrected chi connectivity index (χ0v) is 12.0. The van der Waals surface area contributed by atoms with Crippen molar-refractivity contribution < 1.29 is 4.74 Å². The van der Waals surface area contributed by atoms with Crippen molar-refractivity contribution in [1.82, 2.24) is 4.98 Å². The number of nitrogens with one attached hydrogen (secondary N) is 1. The third kappa shape index (κ3) is 3.89. The summed E-state index contributed by atoms with van der Waals surface area (Å²) >= 11 is 1.77. The predicted molar refractivity (Wildman–Crippen MR) is 81.0 cm³/mol. The summed E-state index contributed by atoms with van der Waals surface area (Å²) in [5.74, 6) is 2.76. The second-order valence-corrected chi connectivity index (χ2v) is 5.04. The van der Waals surface area contributed by atoms with Gasteiger partial charge in [-0.3, -0.25) is 0 Å². The van der Waals surface area contributed by atoms with E-state index in [4.69, 9.17) is 4.74 Å². The molecule has 0 atom stereocenters. The lowest BCUT2D eigenvalue weighted by Gasteiger charge is -2.08. The minimum Gasteiger partial charge on any atom is -0.496 e. The third-order valence-electron chi connectivity index (χ3n) is 2.65. The first-order valence-electron chi connectivity index (χ1n) is 6.28. The lowest BCUT2D eigenvalue weighted by Crippen LogP contribution is -1.99. The predicted octanol–water partition coefficient (Wildman–Crippen LogP) is 3.81. The van der Waals surface area contributed by atoms with E-state index < -0.39 is 0 Å². The highest BCUT2D eigenvalue weighted by Crippen LogP contribution is 2.31. The first-order valence-corrected chi connectivity index (χ1v) is 7.26. The van der Waals surface area contributed by atoms with Crippen molar-refractivity contribution in [2.24, 2.45) is 0 Å². The summed E-state index contributed by atoms with van der Waals surface area (Å²) in [4.78, 5) is 5.43. The fourth-order valence-electron chi connectivity index (χ4n) is 1.74. The van der Waals surface area contributed by atoms with Crippen LogP contribution < -0.4 is 10.1 Å². The van der Waals surface area contributed by atoms with Gasteiger partial charge in [-0.05, 0) is 36.8 Å². The second kappa shape index (κ2) is 7.04. The van der Waals surface area contributed by atoms with Crippen LogP contribution in [-0.2, 0) is 5.75 Å². The molecule has 0 amide bonds. The number of pyridine rings is 1. The summed E-state index contributed by atoms with van der Waals surface area (Å²) < 4.78 is 5.35. The quantitative estimate of drug-likeness (QED) is 0.812. The Bertz CT molecular complexity index is 531. The van der Waals surface area contributed by atoms with E-state index in [1.807, 2.05) is 30.5 Å². The molecule has 1 N–H and O–H groups in total. The summed E-state index contributed by atoms with van der Waals surface area (Å²) in [5.41, 5.74) is 1.25. The number of nitrogens with zero attached hydrogens (tertiary/aromatic N) is 1. The number of rotatable bonds is 6. The largest absolute Gasteiger partial charge is 0.496 e. The fourth-order valence-corrected chi connectivity index (χ4v) is 2.71. The molecule has 3 nitrogen and oxygen atoms in total. The van der Waals surface area contributed by atoms with Crippen LogP contribution in [0.2, 0.25) is 0 Å². The summed E-state index contributed by atoms with van der Waals surface area (Å²) in [6.45, 7) is 2.95. The van der Waals surface area contributed by atoms with Crippen LogP contribution in [0.1, 0.15) is 12.5 Å². The van der Waals surface area contributed by atoms with Gasteiger partial charge >= 0.3 is 0 Å². The lowest BCUT2D eigenvalue weighted by atomic mass is 10.3. The van der Waals surface area contributed by atoms with Crippen LogP contribution in [0.4, 0.5) is 5.82 Å². The van der Waals surface area contributed by atoms with E-state index in [0.29, 0.717) is 0 Å². The normalized spacial score (nSPS) is 10.2. The number of benzene rings is 1. The first-order chi connectivity index (χ1) is 9.33. The molecule has 0 aliphatic heterocycles. The Balaban J connectivity index is 2.03. The number of para-hydroxylation sites is 1.